The maximum absolute atomic E-state index is 13.4. The third kappa shape index (κ3) is 6.24. The Morgan fingerprint density at radius 2 is 1.50 bits per heavy atom. The molecule has 1 saturated carbocycles. The van der Waals surface area contributed by atoms with E-state index in [9.17, 15) is 9.59 Å². The van der Waals surface area contributed by atoms with Gasteiger partial charge in [-0.25, -0.2) is 0 Å². The van der Waals surface area contributed by atoms with E-state index < -0.39 is 0 Å². The van der Waals surface area contributed by atoms with Crippen LogP contribution in [-0.2, 0) is 9.59 Å². The third-order valence-electron chi connectivity index (χ3n) is 7.31. The molecule has 2 aliphatic rings. The van der Waals surface area contributed by atoms with Gasteiger partial charge in [0.2, 0.25) is 11.8 Å². The number of hydrogen-bond acceptors (Lipinski definition) is 4. The van der Waals surface area contributed by atoms with Crippen molar-refractivity contribution in [3.8, 4) is 0 Å². The minimum Gasteiger partial charge on any atom is -0.325 e. The highest BCUT2D eigenvalue weighted by Crippen LogP contribution is 2.27. The molecule has 1 N–H and O–H groups in total. The second-order valence-corrected chi connectivity index (χ2v) is 9.74. The smallest absolute Gasteiger partial charge is 0.241 e. The van der Waals surface area contributed by atoms with Gasteiger partial charge in [-0.1, -0.05) is 49.6 Å². The first-order valence-corrected chi connectivity index (χ1v) is 12.7. The molecule has 182 valence electrons. The summed E-state index contributed by atoms with van der Waals surface area (Å²) in [6, 6.07) is 16.4. The Kier molecular flexibility index (Phi) is 8.35. The third-order valence-corrected chi connectivity index (χ3v) is 7.31. The minimum atomic E-state index is 0.0192. The quantitative estimate of drug-likeness (QED) is 0.669. The van der Waals surface area contributed by atoms with Crippen molar-refractivity contribution in [1.29, 1.82) is 0 Å². The van der Waals surface area contributed by atoms with E-state index in [0.717, 1.165) is 56.0 Å². The molecular formula is C28H38N4O2. The molecule has 1 aliphatic heterocycles. The second-order valence-electron chi connectivity index (χ2n) is 9.74. The number of para-hydroxylation sites is 1. The first-order valence-electron chi connectivity index (χ1n) is 12.7. The van der Waals surface area contributed by atoms with E-state index in [4.69, 9.17) is 0 Å². The molecule has 0 radical (unpaired) electrons. The lowest BCUT2D eigenvalue weighted by Crippen LogP contribution is -2.53. The Morgan fingerprint density at radius 3 is 2.18 bits per heavy atom. The number of piperazine rings is 1. The molecule has 0 atom stereocenters. The molecule has 0 bridgehead atoms. The van der Waals surface area contributed by atoms with E-state index in [1.165, 1.54) is 24.8 Å². The summed E-state index contributed by atoms with van der Waals surface area (Å²) in [5.41, 5.74) is 4.19. The summed E-state index contributed by atoms with van der Waals surface area (Å²) in [5, 5.41) is 3.06. The van der Waals surface area contributed by atoms with E-state index in [0.29, 0.717) is 19.1 Å². The lowest BCUT2D eigenvalue weighted by atomic mass is 9.93. The minimum absolute atomic E-state index is 0.0192. The van der Waals surface area contributed by atoms with Gasteiger partial charge in [0.25, 0.3) is 0 Å². The van der Waals surface area contributed by atoms with Crippen molar-refractivity contribution >= 4 is 23.2 Å². The molecular weight excluding hydrogens is 424 g/mol. The molecule has 0 unspecified atom stereocenters. The van der Waals surface area contributed by atoms with Crippen molar-refractivity contribution < 1.29 is 9.59 Å². The van der Waals surface area contributed by atoms with Crippen molar-refractivity contribution in [1.82, 2.24) is 9.80 Å². The van der Waals surface area contributed by atoms with Crippen LogP contribution in [0.2, 0.25) is 0 Å². The van der Waals surface area contributed by atoms with E-state index >= 15 is 0 Å². The van der Waals surface area contributed by atoms with Gasteiger partial charge in [-0.2, -0.15) is 0 Å². The van der Waals surface area contributed by atoms with Gasteiger partial charge in [0, 0.05) is 43.6 Å². The maximum Gasteiger partial charge on any atom is 0.241 e. The summed E-state index contributed by atoms with van der Waals surface area (Å²) < 4.78 is 0. The normalized spacial score (nSPS) is 17.9. The average molecular weight is 463 g/mol. The number of benzene rings is 2. The predicted molar refractivity (Wildman–Crippen MR) is 138 cm³/mol. The van der Waals surface area contributed by atoms with Crippen LogP contribution in [0.25, 0.3) is 0 Å². The largest absolute Gasteiger partial charge is 0.325 e. The molecule has 4 rings (SSSR count). The Morgan fingerprint density at radius 1 is 0.853 bits per heavy atom. The molecule has 6 nitrogen and oxygen atoms in total. The van der Waals surface area contributed by atoms with E-state index in [-0.39, 0.29) is 11.8 Å². The molecule has 2 fully saturated rings. The molecule has 0 spiro atoms. The SMILES string of the molecule is Cc1cccc(NC(=O)CN2CCN(CC(=O)N(c3ccccc3)C3CCCCC3)CC2)c1C. The van der Waals surface area contributed by atoms with Crippen molar-refractivity contribution in [2.24, 2.45) is 0 Å². The zero-order chi connectivity index (χ0) is 23.9. The van der Waals surface area contributed by atoms with Crippen molar-refractivity contribution in [2.45, 2.75) is 52.0 Å². The van der Waals surface area contributed by atoms with Crippen LogP contribution in [0, 0.1) is 13.8 Å². The van der Waals surface area contributed by atoms with Crippen LogP contribution in [-0.4, -0.2) is 66.9 Å². The Bertz CT molecular complexity index is 964. The van der Waals surface area contributed by atoms with E-state index in [1.54, 1.807) is 0 Å². The van der Waals surface area contributed by atoms with Crippen molar-refractivity contribution in [2.75, 3.05) is 49.5 Å². The topological polar surface area (TPSA) is 55.9 Å². The van der Waals surface area contributed by atoms with Gasteiger partial charge in [-0.3, -0.25) is 19.4 Å². The number of nitrogens with zero attached hydrogens (tertiary/aromatic N) is 3. The summed E-state index contributed by atoms with van der Waals surface area (Å²) >= 11 is 0. The number of nitrogens with one attached hydrogen (secondary N) is 1. The summed E-state index contributed by atoms with van der Waals surface area (Å²) in [7, 11) is 0. The van der Waals surface area contributed by atoms with Crippen LogP contribution in [0.5, 0.6) is 0 Å². The van der Waals surface area contributed by atoms with Crippen LogP contribution in [0.3, 0.4) is 0 Å². The summed E-state index contributed by atoms with van der Waals surface area (Å²) in [4.78, 5) is 32.5. The molecule has 6 heteroatoms. The van der Waals surface area contributed by atoms with Crippen LogP contribution in [0.15, 0.2) is 48.5 Å². The predicted octanol–water partition coefficient (Wildman–Crippen LogP) is 4.23. The summed E-state index contributed by atoms with van der Waals surface area (Å²) in [6.07, 6.45) is 5.84. The Balaban J connectivity index is 1.29. The van der Waals surface area contributed by atoms with Gasteiger partial charge in [0.1, 0.15) is 0 Å². The fourth-order valence-corrected chi connectivity index (χ4v) is 5.14. The molecule has 1 aliphatic carbocycles. The van der Waals surface area contributed by atoms with Gasteiger partial charge in [0.15, 0.2) is 0 Å². The second kappa shape index (κ2) is 11.6. The van der Waals surface area contributed by atoms with Crippen LogP contribution >= 0.6 is 0 Å². The van der Waals surface area contributed by atoms with Crippen molar-refractivity contribution in [3.63, 3.8) is 0 Å². The fourth-order valence-electron chi connectivity index (χ4n) is 5.14. The monoisotopic (exact) mass is 462 g/mol. The van der Waals surface area contributed by atoms with Crippen LogP contribution in [0.1, 0.15) is 43.2 Å². The summed E-state index contributed by atoms with van der Waals surface area (Å²) in [5.74, 6) is 0.213. The lowest BCUT2D eigenvalue weighted by molar-refractivity contribution is -0.122. The number of anilines is 2. The highest BCUT2D eigenvalue weighted by atomic mass is 16.2. The highest BCUT2D eigenvalue weighted by Gasteiger charge is 2.29. The molecule has 2 aromatic rings. The van der Waals surface area contributed by atoms with E-state index in [1.807, 2.05) is 37.3 Å². The van der Waals surface area contributed by atoms with Crippen LogP contribution < -0.4 is 10.2 Å². The lowest BCUT2D eigenvalue weighted by Gasteiger charge is -2.38. The van der Waals surface area contributed by atoms with Gasteiger partial charge in [-0.05, 0) is 56.0 Å². The molecule has 1 heterocycles. The van der Waals surface area contributed by atoms with Gasteiger partial charge in [-0.15, -0.1) is 0 Å². The standard InChI is InChI=1S/C28H38N4O2/c1-22-10-9-15-26(23(22)2)29-27(33)20-30-16-18-31(19-17-30)21-28(34)32(24-11-5-3-6-12-24)25-13-7-4-8-14-25/h3,5-6,9-12,15,25H,4,7-8,13-14,16-21H2,1-2H3,(H,29,33). The molecule has 2 amide bonds. The van der Waals surface area contributed by atoms with Gasteiger partial charge >= 0.3 is 0 Å². The fraction of sp³-hybridized carbons (Fsp3) is 0.500. The number of carbonyl (C=O) groups is 2. The van der Waals surface area contributed by atoms with Crippen LogP contribution in [0.4, 0.5) is 11.4 Å². The molecule has 0 aromatic heterocycles. The Labute approximate surface area is 203 Å². The number of amides is 2. The number of hydrogen-bond donors (Lipinski definition) is 1. The zero-order valence-electron chi connectivity index (χ0n) is 20.6. The summed E-state index contributed by atoms with van der Waals surface area (Å²) in [6.45, 7) is 8.10. The highest BCUT2D eigenvalue weighted by molar-refractivity contribution is 5.95. The molecule has 34 heavy (non-hydrogen) atoms. The molecule has 1 saturated heterocycles. The first kappa shape index (κ1) is 24.4. The first-order chi connectivity index (χ1) is 16.5. The molecule has 2 aromatic carbocycles. The average Bonchev–Trinajstić information content (AvgIpc) is 2.85. The zero-order valence-corrected chi connectivity index (χ0v) is 20.6. The van der Waals surface area contributed by atoms with Gasteiger partial charge in [0.05, 0.1) is 13.1 Å². The van der Waals surface area contributed by atoms with Crippen molar-refractivity contribution in [3.05, 3.63) is 59.7 Å². The number of aryl methyl sites for hydroxylation is 1. The Hall–Kier alpha value is -2.70. The van der Waals surface area contributed by atoms with Gasteiger partial charge < -0.3 is 10.2 Å². The van der Waals surface area contributed by atoms with E-state index in [2.05, 4.69) is 45.1 Å². The maximum atomic E-state index is 13.4. The number of rotatable bonds is 7. The number of carbonyl (C=O) groups excluding carboxylic acids is 2.